The number of aryl methyl sites for hydroxylation is 1. The monoisotopic (exact) mass is 406 g/mol. The van der Waals surface area contributed by atoms with Crippen molar-refractivity contribution < 1.29 is 13.2 Å². The van der Waals surface area contributed by atoms with Crippen LogP contribution in [-0.4, -0.2) is 38.6 Å². The van der Waals surface area contributed by atoms with E-state index >= 15 is 0 Å². The minimum Gasteiger partial charge on any atom is -0.337 e. The van der Waals surface area contributed by atoms with E-state index < -0.39 is 10.0 Å². The van der Waals surface area contributed by atoms with Crippen LogP contribution in [0.4, 0.5) is 5.69 Å². The number of rotatable bonds is 4. The van der Waals surface area contributed by atoms with Gasteiger partial charge < -0.3 is 4.90 Å². The Morgan fingerprint density at radius 2 is 1.93 bits per heavy atom. The van der Waals surface area contributed by atoms with Gasteiger partial charge in [-0.2, -0.15) is 0 Å². The van der Waals surface area contributed by atoms with E-state index in [1.54, 1.807) is 36.2 Å². The van der Waals surface area contributed by atoms with Gasteiger partial charge in [0.05, 0.1) is 11.4 Å². The summed E-state index contributed by atoms with van der Waals surface area (Å²) in [5.41, 5.74) is 2.75. The van der Waals surface area contributed by atoms with Gasteiger partial charge in [-0.3, -0.25) is 9.10 Å². The van der Waals surface area contributed by atoms with Gasteiger partial charge in [-0.15, -0.1) is 0 Å². The van der Waals surface area contributed by atoms with Crippen LogP contribution in [0, 0.1) is 6.92 Å². The standard InChI is InChI=1S/C20H23ClN2O3S/c1-15-9-10-16(13-19(15)23-11-5-6-12-27(23,25)26)20(24)22(2)14-17-7-3-4-8-18(17)21/h3-4,7-10,13H,5-6,11-12,14H2,1-2H3. The Morgan fingerprint density at radius 1 is 1.19 bits per heavy atom. The van der Waals surface area contributed by atoms with Crippen molar-refractivity contribution in [3.05, 3.63) is 64.2 Å². The number of hydrogen-bond acceptors (Lipinski definition) is 3. The number of halogens is 1. The third kappa shape index (κ3) is 4.28. The fourth-order valence-electron chi connectivity index (χ4n) is 3.24. The highest BCUT2D eigenvalue weighted by molar-refractivity contribution is 7.92. The Morgan fingerprint density at radius 3 is 2.63 bits per heavy atom. The molecule has 1 aliphatic heterocycles. The molecule has 5 nitrogen and oxygen atoms in total. The summed E-state index contributed by atoms with van der Waals surface area (Å²) in [7, 11) is -1.61. The average Bonchev–Trinajstić information content (AvgIpc) is 2.63. The number of nitrogens with zero attached hydrogens (tertiary/aromatic N) is 2. The van der Waals surface area contributed by atoms with Crippen LogP contribution in [-0.2, 0) is 16.6 Å². The fourth-order valence-corrected chi connectivity index (χ4v) is 5.13. The first-order valence-electron chi connectivity index (χ1n) is 8.89. The summed E-state index contributed by atoms with van der Waals surface area (Å²) < 4.78 is 26.3. The highest BCUT2D eigenvalue weighted by Gasteiger charge is 2.28. The van der Waals surface area contributed by atoms with Crippen LogP contribution in [0.5, 0.6) is 0 Å². The Hall–Kier alpha value is -2.05. The maximum Gasteiger partial charge on any atom is 0.253 e. The van der Waals surface area contributed by atoms with E-state index in [2.05, 4.69) is 0 Å². The topological polar surface area (TPSA) is 57.7 Å². The van der Waals surface area contributed by atoms with Crippen molar-refractivity contribution in [3.63, 3.8) is 0 Å². The smallest absolute Gasteiger partial charge is 0.253 e. The number of carbonyl (C=O) groups excluding carboxylic acids is 1. The Balaban J connectivity index is 1.86. The van der Waals surface area contributed by atoms with Gasteiger partial charge in [0, 0.05) is 30.7 Å². The first-order valence-corrected chi connectivity index (χ1v) is 10.9. The van der Waals surface area contributed by atoms with Crippen LogP contribution in [0.15, 0.2) is 42.5 Å². The molecule has 3 rings (SSSR count). The molecule has 7 heteroatoms. The molecule has 1 amide bonds. The molecule has 27 heavy (non-hydrogen) atoms. The molecule has 0 spiro atoms. The molecular weight excluding hydrogens is 384 g/mol. The van der Waals surface area contributed by atoms with E-state index in [1.807, 2.05) is 25.1 Å². The van der Waals surface area contributed by atoms with E-state index in [0.29, 0.717) is 35.8 Å². The van der Waals surface area contributed by atoms with Gasteiger partial charge in [0.25, 0.3) is 5.91 Å². The van der Waals surface area contributed by atoms with Crippen molar-refractivity contribution in [2.75, 3.05) is 23.7 Å². The zero-order chi connectivity index (χ0) is 19.6. The molecule has 0 unspecified atom stereocenters. The van der Waals surface area contributed by atoms with E-state index in [9.17, 15) is 13.2 Å². The molecule has 1 saturated heterocycles. The quantitative estimate of drug-likeness (QED) is 0.774. The van der Waals surface area contributed by atoms with Crippen molar-refractivity contribution in [1.82, 2.24) is 4.90 Å². The molecule has 0 aliphatic carbocycles. The molecule has 0 saturated carbocycles. The van der Waals surface area contributed by atoms with Crippen LogP contribution in [0.25, 0.3) is 0 Å². The van der Waals surface area contributed by atoms with Gasteiger partial charge in [0.1, 0.15) is 0 Å². The first kappa shape index (κ1) is 19.7. The maximum absolute atomic E-state index is 12.9. The zero-order valence-corrected chi connectivity index (χ0v) is 17.1. The average molecular weight is 407 g/mol. The lowest BCUT2D eigenvalue weighted by Gasteiger charge is -2.30. The normalized spacial score (nSPS) is 16.2. The van der Waals surface area contributed by atoms with Crippen molar-refractivity contribution in [3.8, 4) is 0 Å². The van der Waals surface area contributed by atoms with Crippen molar-refractivity contribution >= 4 is 33.2 Å². The number of sulfonamides is 1. The lowest BCUT2D eigenvalue weighted by molar-refractivity contribution is 0.0785. The van der Waals surface area contributed by atoms with Crippen LogP contribution in [0.2, 0.25) is 5.02 Å². The van der Waals surface area contributed by atoms with Gasteiger partial charge >= 0.3 is 0 Å². The third-order valence-electron chi connectivity index (χ3n) is 4.79. The van der Waals surface area contributed by atoms with Crippen LogP contribution < -0.4 is 4.31 Å². The van der Waals surface area contributed by atoms with Crippen molar-refractivity contribution in [2.24, 2.45) is 0 Å². The molecule has 0 radical (unpaired) electrons. The molecular formula is C20H23ClN2O3S. The molecule has 0 N–H and O–H groups in total. The van der Waals surface area contributed by atoms with E-state index in [1.165, 1.54) is 4.31 Å². The Kier molecular flexibility index (Phi) is 5.77. The number of hydrogen-bond donors (Lipinski definition) is 0. The third-order valence-corrected chi connectivity index (χ3v) is 7.01. The van der Waals surface area contributed by atoms with Crippen LogP contribution in [0.1, 0.15) is 34.3 Å². The lowest BCUT2D eigenvalue weighted by Crippen LogP contribution is -2.38. The van der Waals surface area contributed by atoms with Gasteiger partial charge in [-0.05, 0) is 49.1 Å². The fraction of sp³-hybridized carbons (Fsp3) is 0.350. The highest BCUT2D eigenvalue weighted by Crippen LogP contribution is 2.28. The molecule has 1 aliphatic rings. The van der Waals surface area contributed by atoms with Gasteiger partial charge in [0.2, 0.25) is 10.0 Å². The van der Waals surface area contributed by atoms with E-state index in [-0.39, 0.29) is 11.7 Å². The SMILES string of the molecule is Cc1ccc(C(=O)N(C)Cc2ccccc2Cl)cc1N1CCCCS1(=O)=O. The number of benzene rings is 2. The summed E-state index contributed by atoms with van der Waals surface area (Å²) in [5, 5.41) is 0.612. The molecule has 0 atom stereocenters. The Bertz CT molecular complexity index is 959. The molecule has 1 fully saturated rings. The van der Waals surface area contributed by atoms with Gasteiger partial charge in [-0.1, -0.05) is 35.9 Å². The molecule has 2 aromatic rings. The summed E-state index contributed by atoms with van der Waals surface area (Å²) in [4.78, 5) is 14.5. The van der Waals surface area contributed by atoms with Crippen LogP contribution in [0.3, 0.4) is 0 Å². The van der Waals surface area contributed by atoms with Gasteiger partial charge in [0.15, 0.2) is 0 Å². The van der Waals surface area contributed by atoms with E-state index in [4.69, 9.17) is 11.6 Å². The zero-order valence-electron chi connectivity index (χ0n) is 15.5. The molecule has 1 heterocycles. The number of carbonyl (C=O) groups is 1. The Labute approximate surface area is 165 Å². The van der Waals surface area contributed by atoms with Crippen molar-refractivity contribution in [2.45, 2.75) is 26.3 Å². The lowest BCUT2D eigenvalue weighted by atomic mass is 10.1. The molecule has 144 valence electrons. The summed E-state index contributed by atoms with van der Waals surface area (Å²) in [6.07, 6.45) is 1.50. The van der Waals surface area contributed by atoms with Gasteiger partial charge in [-0.25, -0.2) is 8.42 Å². The summed E-state index contributed by atoms with van der Waals surface area (Å²) >= 11 is 6.19. The second-order valence-electron chi connectivity index (χ2n) is 6.85. The number of amides is 1. The molecule has 0 bridgehead atoms. The minimum atomic E-state index is -3.32. The summed E-state index contributed by atoms with van der Waals surface area (Å²) in [6.45, 7) is 2.70. The molecule has 0 aromatic heterocycles. The maximum atomic E-state index is 12.9. The summed E-state index contributed by atoms with van der Waals surface area (Å²) in [6, 6.07) is 12.6. The van der Waals surface area contributed by atoms with E-state index in [0.717, 1.165) is 17.5 Å². The first-order chi connectivity index (χ1) is 12.8. The summed E-state index contributed by atoms with van der Waals surface area (Å²) in [5.74, 6) is -0.0256. The second kappa shape index (κ2) is 7.90. The second-order valence-corrected chi connectivity index (χ2v) is 9.27. The predicted molar refractivity (Wildman–Crippen MR) is 109 cm³/mol. The molecule has 2 aromatic carbocycles. The van der Waals surface area contributed by atoms with Crippen LogP contribution >= 0.6 is 11.6 Å². The largest absolute Gasteiger partial charge is 0.337 e. The van der Waals surface area contributed by atoms with Crippen molar-refractivity contribution in [1.29, 1.82) is 0 Å². The number of anilines is 1. The minimum absolute atomic E-state index is 0.150. The predicted octanol–water partition coefficient (Wildman–Crippen LogP) is 3.85. The highest BCUT2D eigenvalue weighted by atomic mass is 35.5.